The van der Waals surface area contributed by atoms with E-state index in [0.717, 1.165) is 5.56 Å². The van der Waals surface area contributed by atoms with Crippen molar-refractivity contribution in [3.05, 3.63) is 215 Å². The van der Waals surface area contributed by atoms with Gasteiger partial charge in [-0.15, -0.1) is 0 Å². The molecule has 8 rings (SSSR count). The van der Waals surface area contributed by atoms with Gasteiger partial charge in [-0.05, 0) is 39.4 Å². The molecule has 1 fully saturated rings. The van der Waals surface area contributed by atoms with Gasteiger partial charge >= 0.3 is 12.1 Å². The summed E-state index contributed by atoms with van der Waals surface area (Å²) in [6.07, 6.45) is -7.33. The molecule has 0 aliphatic carbocycles. The highest BCUT2D eigenvalue weighted by atomic mass is 16.6. The van der Waals surface area contributed by atoms with Crippen LogP contribution in [0.3, 0.4) is 0 Å². The highest BCUT2D eigenvalue weighted by Gasteiger charge is 2.50. The standard InChI is InChI=1S/C53H52N2O9/c56-52(57)45(55-53(58)63-35-41-26-14-5-15-27-41)30-43-42-28-16-17-29-44(42)54-47(43)49-51(62-34-40-24-12-4-13-25-40)50(61-33-39-22-10-3-11-23-39)48(60-32-38-20-8-2-9-21-38)46(64-49)36-59-31-37-18-6-1-7-19-37/h1-29,45-46,48-51,54H,30-36H2,(H,55,58)(H,56,57)/t45-,46+,48+,49?,50-,51+/m0/s1/i31D,32D,33D,34D/t31?,32?,33?,34?,45-,46+,48+,49?,50-,51+. The first-order chi connectivity index (χ1) is 33.1. The second-order valence-corrected chi connectivity index (χ2v) is 15.2. The molecule has 11 nitrogen and oxygen atoms in total. The molecule has 5 unspecified atom stereocenters. The lowest BCUT2D eigenvalue weighted by Crippen LogP contribution is -2.58. The first kappa shape index (κ1) is 39.0. The third kappa shape index (κ3) is 11.7. The maximum absolute atomic E-state index is 13.2. The van der Waals surface area contributed by atoms with Gasteiger partial charge in [0.1, 0.15) is 43.2 Å². The Morgan fingerprint density at radius 3 is 1.62 bits per heavy atom. The van der Waals surface area contributed by atoms with Crippen molar-refractivity contribution in [1.29, 1.82) is 0 Å². The minimum atomic E-state index is -1.49. The van der Waals surface area contributed by atoms with Crippen molar-refractivity contribution >= 4 is 23.0 Å². The largest absolute Gasteiger partial charge is 0.480 e. The molecule has 11 heteroatoms. The molecule has 0 radical (unpaired) electrons. The molecular weight excluding hydrogens is 809 g/mol. The Hall–Kier alpha value is -6.60. The first-order valence-electron chi connectivity index (χ1n) is 23.4. The number of fused-ring (bicyclic) bond motifs is 1. The Balaban J connectivity index is 1.24. The van der Waals surface area contributed by atoms with Gasteiger partial charge < -0.3 is 43.8 Å². The molecule has 1 aliphatic heterocycles. The molecule has 0 bridgehead atoms. The first-order valence-corrected chi connectivity index (χ1v) is 21.0. The van der Waals surface area contributed by atoms with E-state index in [0.29, 0.717) is 44.4 Å². The van der Waals surface area contributed by atoms with Gasteiger partial charge in [0.15, 0.2) is 0 Å². The Morgan fingerprint density at radius 2 is 1.08 bits per heavy atom. The molecular formula is C53H52N2O9. The van der Waals surface area contributed by atoms with Crippen LogP contribution in [0.2, 0.25) is 0 Å². The number of carbonyl (C=O) groups is 2. The van der Waals surface area contributed by atoms with Crippen LogP contribution in [-0.4, -0.2) is 59.2 Å². The number of amides is 1. The van der Waals surface area contributed by atoms with Crippen LogP contribution in [0.15, 0.2) is 176 Å². The van der Waals surface area contributed by atoms with Crippen molar-refractivity contribution in [1.82, 2.24) is 10.3 Å². The van der Waals surface area contributed by atoms with Crippen LogP contribution in [0.25, 0.3) is 10.9 Å². The molecule has 1 amide bonds. The molecule has 1 saturated heterocycles. The lowest BCUT2D eigenvalue weighted by Gasteiger charge is -2.46. The number of aromatic nitrogens is 1. The molecule has 10 atom stereocenters. The van der Waals surface area contributed by atoms with Crippen LogP contribution in [0.4, 0.5) is 4.79 Å². The maximum atomic E-state index is 13.2. The Labute approximate surface area is 378 Å². The number of para-hydroxylation sites is 1. The zero-order valence-corrected chi connectivity index (χ0v) is 34.9. The minimum Gasteiger partial charge on any atom is -0.480 e. The van der Waals surface area contributed by atoms with Crippen molar-refractivity contribution in [2.75, 3.05) is 6.61 Å². The highest BCUT2D eigenvalue weighted by Crippen LogP contribution is 2.41. The van der Waals surface area contributed by atoms with Crippen LogP contribution >= 0.6 is 0 Å². The lowest BCUT2D eigenvalue weighted by atomic mass is 9.89. The van der Waals surface area contributed by atoms with Crippen LogP contribution in [0, 0.1) is 0 Å². The fraction of sp³-hybridized carbons (Fsp3) is 0.245. The molecule has 2 heterocycles. The van der Waals surface area contributed by atoms with Crippen LogP contribution in [-0.2, 0) is 72.6 Å². The van der Waals surface area contributed by atoms with Gasteiger partial charge in [0.05, 0.1) is 44.1 Å². The molecule has 328 valence electrons. The zero-order valence-electron chi connectivity index (χ0n) is 38.9. The van der Waals surface area contributed by atoms with Crippen LogP contribution in [0.5, 0.6) is 0 Å². The number of aromatic amines is 1. The lowest BCUT2D eigenvalue weighted by molar-refractivity contribution is -0.275. The van der Waals surface area contributed by atoms with Gasteiger partial charge in [0.2, 0.25) is 0 Å². The fourth-order valence-corrected chi connectivity index (χ4v) is 7.58. The quantitative estimate of drug-likeness (QED) is 0.0685. The van der Waals surface area contributed by atoms with E-state index in [-0.39, 0.29) is 19.6 Å². The van der Waals surface area contributed by atoms with E-state index < -0.39 is 75.0 Å². The van der Waals surface area contributed by atoms with E-state index in [2.05, 4.69) is 10.3 Å². The monoisotopic (exact) mass is 864 g/mol. The summed E-state index contributed by atoms with van der Waals surface area (Å²) < 4.78 is 76.1. The second-order valence-electron chi connectivity index (χ2n) is 15.2. The number of benzene rings is 6. The number of nitrogens with one attached hydrogen (secondary N) is 2. The Kier molecular flexibility index (Phi) is 13.5. The van der Waals surface area contributed by atoms with Gasteiger partial charge in [-0.3, -0.25) is 0 Å². The number of ether oxygens (including phenoxy) is 6. The predicted molar refractivity (Wildman–Crippen MR) is 242 cm³/mol. The van der Waals surface area contributed by atoms with Crippen molar-refractivity contribution in [2.45, 2.75) is 75.9 Å². The zero-order chi connectivity index (χ0) is 47.4. The number of alkyl carbamates (subject to hydrolysis) is 1. The number of carboxylic acid groups (broad SMARTS) is 1. The Bertz CT molecular complexity index is 2670. The van der Waals surface area contributed by atoms with Crippen molar-refractivity contribution in [3.8, 4) is 0 Å². The van der Waals surface area contributed by atoms with Crippen molar-refractivity contribution in [3.63, 3.8) is 0 Å². The average Bonchev–Trinajstić information content (AvgIpc) is 3.74. The summed E-state index contributed by atoms with van der Waals surface area (Å²) in [6.45, 7) is -5.49. The number of hydrogen-bond acceptors (Lipinski definition) is 8. The normalized spacial score (nSPS) is 21.8. The SMILES string of the molecule is [2H]C(OC[C@H]1OC(c2[nH]c3ccccc3c2C[C@H](NC(=O)OCc2ccccc2)C(=O)O)[C@@H](OC([2H])c2ccccc2)[C@@H](OC([2H])c2ccccc2)[C@@H]1OC([2H])c1ccccc1)c1ccccc1. The molecule has 0 saturated carbocycles. The van der Waals surface area contributed by atoms with Gasteiger partial charge in [0, 0.05) is 17.3 Å². The summed E-state index contributed by atoms with van der Waals surface area (Å²) in [6, 6.07) is 50.4. The summed E-state index contributed by atoms with van der Waals surface area (Å²) in [7, 11) is 0. The topological polar surface area (TPSA) is 138 Å². The van der Waals surface area contributed by atoms with Crippen molar-refractivity contribution in [2.24, 2.45) is 0 Å². The summed E-state index contributed by atoms with van der Waals surface area (Å²) in [5.74, 6) is -1.32. The number of aliphatic carboxylic acids is 1. The minimum absolute atomic E-state index is 0.0804. The number of carbonyl (C=O) groups excluding carboxylic acids is 1. The summed E-state index contributed by atoms with van der Waals surface area (Å²) in [5.41, 5.74) is 4.23. The fourth-order valence-electron chi connectivity index (χ4n) is 7.58. The van der Waals surface area contributed by atoms with Gasteiger partial charge in [0.25, 0.3) is 0 Å². The van der Waals surface area contributed by atoms with Gasteiger partial charge in [-0.1, -0.05) is 170 Å². The molecule has 1 aromatic heterocycles. The highest BCUT2D eigenvalue weighted by molar-refractivity contribution is 5.87. The third-order valence-corrected chi connectivity index (χ3v) is 10.7. The number of carboxylic acids is 1. The summed E-state index contributed by atoms with van der Waals surface area (Å²) >= 11 is 0. The van der Waals surface area contributed by atoms with Gasteiger partial charge in [-0.25, -0.2) is 9.59 Å². The molecule has 64 heavy (non-hydrogen) atoms. The number of rotatable bonds is 20. The molecule has 6 aromatic carbocycles. The molecule has 3 N–H and O–H groups in total. The molecule has 7 aromatic rings. The van der Waals surface area contributed by atoms with E-state index in [1.54, 1.807) is 127 Å². The predicted octanol–water partition coefficient (Wildman–Crippen LogP) is 9.50. The van der Waals surface area contributed by atoms with Crippen LogP contribution in [0.1, 0.15) is 50.7 Å². The Morgan fingerprint density at radius 1 is 0.609 bits per heavy atom. The van der Waals surface area contributed by atoms with E-state index in [1.165, 1.54) is 0 Å². The van der Waals surface area contributed by atoms with E-state index in [9.17, 15) is 18.8 Å². The summed E-state index contributed by atoms with van der Waals surface area (Å²) in [5, 5.41) is 13.8. The third-order valence-electron chi connectivity index (χ3n) is 10.7. The van der Waals surface area contributed by atoms with E-state index >= 15 is 0 Å². The maximum Gasteiger partial charge on any atom is 0.408 e. The van der Waals surface area contributed by atoms with Crippen LogP contribution < -0.4 is 5.32 Å². The van der Waals surface area contributed by atoms with Gasteiger partial charge in [-0.2, -0.15) is 0 Å². The van der Waals surface area contributed by atoms with E-state index in [1.807, 2.05) is 48.5 Å². The number of H-pyrrole nitrogens is 1. The molecule has 0 spiro atoms. The van der Waals surface area contributed by atoms with Crippen molar-refractivity contribution < 1.29 is 48.6 Å². The smallest absolute Gasteiger partial charge is 0.408 e. The average molecular weight is 865 g/mol. The van der Waals surface area contributed by atoms with E-state index in [4.69, 9.17) is 29.8 Å². The summed E-state index contributed by atoms with van der Waals surface area (Å²) in [4.78, 5) is 29.7. The second kappa shape index (κ2) is 22.2. The number of hydrogen-bond donors (Lipinski definition) is 3. The molecule has 1 aliphatic rings.